The van der Waals surface area contributed by atoms with Crippen molar-refractivity contribution >= 4 is 23.5 Å². The Morgan fingerprint density at radius 3 is 2.00 bits per heavy atom. The van der Waals surface area contributed by atoms with Crippen molar-refractivity contribution in [3.8, 4) is 11.5 Å². The molecule has 0 unspecified atom stereocenters. The number of hydrogen-bond donors (Lipinski definition) is 1. The summed E-state index contributed by atoms with van der Waals surface area (Å²) in [5.74, 6) is -0.982. The van der Waals surface area contributed by atoms with E-state index in [9.17, 15) is 24.5 Å². The van der Waals surface area contributed by atoms with E-state index in [0.29, 0.717) is 17.8 Å². The first-order valence-corrected chi connectivity index (χ1v) is 10.2. The Labute approximate surface area is 173 Å². The normalized spacial score (nSPS) is 28.7. The first kappa shape index (κ1) is 20.3. The molecule has 30 heavy (non-hydrogen) atoms. The van der Waals surface area contributed by atoms with Crippen LogP contribution in [0.4, 0.5) is 5.69 Å². The van der Waals surface area contributed by atoms with E-state index >= 15 is 0 Å². The fourth-order valence-corrected chi connectivity index (χ4v) is 5.91. The van der Waals surface area contributed by atoms with Gasteiger partial charge >= 0.3 is 17.6 Å². The summed E-state index contributed by atoms with van der Waals surface area (Å²) in [4.78, 5) is 46.8. The summed E-state index contributed by atoms with van der Waals surface area (Å²) in [7, 11) is 0. The molecule has 4 aliphatic rings. The second kappa shape index (κ2) is 7.37. The highest BCUT2D eigenvalue weighted by Gasteiger charge is 2.51. The molecule has 160 valence electrons. The number of ether oxygens (including phenoxy) is 2. The SMILES string of the molecule is CC(=O)Oc1cc(C(=O)NC23CC4CC(CC(C4)C2)C3)cc([N+](=O)[O-])c1OC(C)=O. The van der Waals surface area contributed by atoms with Gasteiger partial charge in [0.05, 0.1) is 10.5 Å². The Morgan fingerprint density at radius 2 is 1.53 bits per heavy atom. The number of benzene rings is 1. The zero-order chi connectivity index (χ0) is 21.6. The van der Waals surface area contributed by atoms with E-state index in [1.54, 1.807) is 0 Å². The van der Waals surface area contributed by atoms with Crippen molar-refractivity contribution in [1.82, 2.24) is 5.32 Å². The van der Waals surface area contributed by atoms with Crippen LogP contribution in [0.2, 0.25) is 0 Å². The number of esters is 2. The predicted octanol–water partition coefficient (Wildman–Crippen LogP) is 3.14. The number of nitrogens with zero attached hydrogens (tertiary/aromatic N) is 1. The highest BCUT2D eigenvalue weighted by atomic mass is 16.6. The van der Waals surface area contributed by atoms with Gasteiger partial charge in [-0.1, -0.05) is 0 Å². The quantitative estimate of drug-likeness (QED) is 0.338. The van der Waals surface area contributed by atoms with Gasteiger partial charge in [-0.25, -0.2) is 0 Å². The highest BCUT2D eigenvalue weighted by molar-refractivity contribution is 5.97. The first-order chi connectivity index (χ1) is 14.1. The van der Waals surface area contributed by atoms with Crippen LogP contribution in [0.15, 0.2) is 12.1 Å². The molecule has 5 rings (SSSR count). The number of nitrogens with one attached hydrogen (secondary N) is 1. The van der Waals surface area contributed by atoms with Crippen molar-refractivity contribution in [2.75, 3.05) is 0 Å². The van der Waals surface area contributed by atoms with Gasteiger partial charge in [0.25, 0.3) is 11.7 Å². The van der Waals surface area contributed by atoms with Gasteiger partial charge in [-0.05, 0) is 62.3 Å². The molecule has 0 aliphatic heterocycles. The molecule has 1 amide bonds. The highest BCUT2D eigenvalue weighted by Crippen LogP contribution is 2.55. The zero-order valence-corrected chi connectivity index (χ0v) is 16.9. The molecule has 0 aromatic heterocycles. The molecule has 9 heteroatoms. The van der Waals surface area contributed by atoms with Crippen molar-refractivity contribution in [2.24, 2.45) is 17.8 Å². The molecule has 1 aromatic carbocycles. The molecule has 0 saturated heterocycles. The Hall–Kier alpha value is -2.97. The maximum atomic E-state index is 13.1. The number of amides is 1. The molecule has 4 saturated carbocycles. The van der Waals surface area contributed by atoms with Gasteiger partial charge in [-0.15, -0.1) is 0 Å². The van der Waals surface area contributed by atoms with Gasteiger partial charge in [0, 0.05) is 25.5 Å². The number of hydrogen-bond acceptors (Lipinski definition) is 7. The van der Waals surface area contributed by atoms with Crippen molar-refractivity contribution in [3.63, 3.8) is 0 Å². The summed E-state index contributed by atoms with van der Waals surface area (Å²) in [5.41, 5.74) is -0.902. The number of carbonyl (C=O) groups excluding carboxylic acids is 3. The molecule has 1 N–H and O–H groups in total. The first-order valence-electron chi connectivity index (χ1n) is 10.2. The molecule has 0 atom stereocenters. The van der Waals surface area contributed by atoms with Crippen LogP contribution in [0.3, 0.4) is 0 Å². The summed E-state index contributed by atoms with van der Waals surface area (Å²) >= 11 is 0. The van der Waals surface area contributed by atoms with Gasteiger partial charge in [0.2, 0.25) is 0 Å². The van der Waals surface area contributed by atoms with E-state index in [-0.39, 0.29) is 16.9 Å². The molecule has 4 fully saturated rings. The van der Waals surface area contributed by atoms with Crippen molar-refractivity contribution < 1.29 is 28.8 Å². The lowest BCUT2D eigenvalue weighted by molar-refractivity contribution is -0.385. The summed E-state index contributed by atoms with van der Waals surface area (Å²) in [6.45, 7) is 2.19. The molecule has 4 aliphatic carbocycles. The van der Waals surface area contributed by atoms with Gasteiger partial charge < -0.3 is 14.8 Å². The summed E-state index contributed by atoms with van der Waals surface area (Å²) < 4.78 is 9.94. The average molecular weight is 416 g/mol. The Bertz CT molecular complexity index is 904. The third-order valence-electron chi connectivity index (χ3n) is 6.41. The van der Waals surface area contributed by atoms with Crippen LogP contribution >= 0.6 is 0 Å². The van der Waals surface area contributed by atoms with E-state index in [1.807, 2.05) is 0 Å². The lowest BCUT2D eigenvalue weighted by Crippen LogP contribution is -2.59. The van der Waals surface area contributed by atoms with Gasteiger partial charge in [-0.3, -0.25) is 24.5 Å². The molecule has 9 nitrogen and oxygen atoms in total. The predicted molar refractivity (Wildman–Crippen MR) is 104 cm³/mol. The zero-order valence-electron chi connectivity index (χ0n) is 16.9. The largest absolute Gasteiger partial charge is 0.422 e. The topological polar surface area (TPSA) is 125 Å². The van der Waals surface area contributed by atoms with Crippen molar-refractivity contribution in [3.05, 3.63) is 27.8 Å². The number of nitro benzene ring substituents is 1. The molecule has 0 spiro atoms. The Balaban J connectivity index is 1.67. The fourth-order valence-electron chi connectivity index (χ4n) is 5.91. The monoisotopic (exact) mass is 416 g/mol. The number of rotatable bonds is 5. The van der Waals surface area contributed by atoms with E-state index in [4.69, 9.17) is 9.47 Å². The number of carbonyl (C=O) groups is 3. The maximum absolute atomic E-state index is 13.1. The third kappa shape index (κ3) is 3.88. The standard InChI is InChI=1S/C21H24N2O7/c1-11(24)29-18-7-16(6-17(23(27)28)19(18)30-12(2)25)20(26)22-21-8-13-3-14(9-21)5-15(4-13)10-21/h6-7,13-15H,3-5,8-10H2,1-2H3,(H,22,26). The molecule has 4 bridgehead atoms. The Morgan fingerprint density at radius 1 is 1.00 bits per heavy atom. The van der Waals surface area contributed by atoms with Crippen molar-refractivity contribution in [2.45, 2.75) is 57.9 Å². The summed E-state index contributed by atoms with van der Waals surface area (Å²) in [5, 5.41) is 14.7. The molecular weight excluding hydrogens is 392 g/mol. The van der Waals surface area contributed by atoms with E-state index in [0.717, 1.165) is 39.2 Å². The Kier molecular flexibility index (Phi) is 4.99. The van der Waals surface area contributed by atoms with Crippen LogP contribution in [-0.4, -0.2) is 28.3 Å². The lowest BCUT2D eigenvalue weighted by atomic mass is 9.53. The van der Waals surface area contributed by atoms with Crippen LogP contribution < -0.4 is 14.8 Å². The van der Waals surface area contributed by atoms with Crippen LogP contribution in [0.25, 0.3) is 0 Å². The second-order valence-electron chi connectivity index (χ2n) is 8.92. The van der Waals surface area contributed by atoms with E-state index < -0.39 is 34.2 Å². The molecule has 0 heterocycles. The summed E-state index contributed by atoms with van der Waals surface area (Å²) in [6, 6.07) is 2.27. The summed E-state index contributed by atoms with van der Waals surface area (Å²) in [6.07, 6.45) is 6.43. The van der Waals surface area contributed by atoms with Gasteiger partial charge in [0.1, 0.15) is 0 Å². The van der Waals surface area contributed by atoms with Crippen LogP contribution in [0.1, 0.15) is 62.7 Å². The third-order valence-corrected chi connectivity index (χ3v) is 6.41. The van der Waals surface area contributed by atoms with Gasteiger partial charge in [0.15, 0.2) is 5.75 Å². The second-order valence-corrected chi connectivity index (χ2v) is 8.92. The minimum atomic E-state index is -0.808. The molecule has 0 radical (unpaired) electrons. The maximum Gasteiger partial charge on any atom is 0.316 e. The lowest BCUT2D eigenvalue weighted by Gasteiger charge is -2.56. The minimum absolute atomic E-state index is 0.00963. The fraction of sp³-hybridized carbons (Fsp3) is 0.571. The van der Waals surface area contributed by atoms with E-state index in [2.05, 4.69) is 5.32 Å². The smallest absolute Gasteiger partial charge is 0.316 e. The van der Waals surface area contributed by atoms with Crippen LogP contribution in [0, 0.1) is 27.9 Å². The average Bonchev–Trinajstić information content (AvgIpc) is 2.60. The van der Waals surface area contributed by atoms with Crippen LogP contribution in [-0.2, 0) is 9.59 Å². The molecule has 1 aromatic rings. The van der Waals surface area contributed by atoms with Gasteiger partial charge in [-0.2, -0.15) is 0 Å². The minimum Gasteiger partial charge on any atom is -0.422 e. The molecular formula is C21H24N2O7. The van der Waals surface area contributed by atoms with Crippen LogP contribution in [0.5, 0.6) is 11.5 Å². The van der Waals surface area contributed by atoms with E-state index in [1.165, 1.54) is 25.3 Å². The number of nitro groups is 1. The van der Waals surface area contributed by atoms with Crippen molar-refractivity contribution in [1.29, 1.82) is 0 Å².